The molecule has 14 heteroatoms. The lowest BCUT2D eigenvalue weighted by Gasteiger charge is -2.31. The van der Waals surface area contributed by atoms with Crippen LogP contribution >= 0.6 is 0 Å². The van der Waals surface area contributed by atoms with Crippen LogP contribution in [0.15, 0.2) is 60.8 Å². The maximum absolute atomic E-state index is 15.7. The van der Waals surface area contributed by atoms with E-state index in [-0.39, 0.29) is 16.9 Å². The molecule has 2 aromatic carbocycles. The third-order valence-corrected chi connectivity index (χ3v) is 6.87. The zero-order valence-electron chi connectivity index (χ0n) is 21.6. The highest BCUT2D eigenvalue weighted by molar-refractivity contribution is 6.00. The molecule has 0 fully saturated rings. The van der Waals surface area contributed by atoms with Crippen molar-refractivity contribution >= 4 is 22.7 Å². The number of primary amides is 1. The van der Waals surface area contributed by atoms with Gasteiger partial charge in [-0.05, 0) is 48.5 Å². The van der Waals surface area contributed by atoms with Crippen LogP contribution in [0.2, 0.25) is 0 Å². The number of methoxy groups -OCH3 is 1. The number of halogens is 5. The van der Waals surface area contributed by atoms with Crippen molar-refractivity contribution in [1.82, 2.24) is 15.3 Å². The fraction of sp³-hybridized carbons (Fsp3) is 0.214. The molecule has 4 aromatic rings. The van der Waals surface area contributed by atoms with Crippen molar-refractivity contribution in [3.63, 3.8) is 0 Å². The summed E-state index contributed by atoms with van der Waals surface area (Å²) in [4.78, 5) is 33.1. The number of nitrogens with zero attached hydrogens (tertiary/aromatic N) is 2. The first kappa shape index (κ1) is 28.7. The van der Waals surface area contributed by atoms with Crippen LogP contribution in [0, 0.1) is 5.82 Å². The Bertz CT molecular complexity index is 1720. The summed E-state index contributed by atoms with van der Waals surface area (Å²) in [5.74, 6) is -3.47. The maximum Gasteiger partial charge on any atom is 0.424 e. The molecular formula is C28H21F5N4O5. The highest BCUT2D eigenvalue weighted by atomic mass is 19.4. The van der Waals surface area contributed by atoms with Gasteiger partial charge in [0.2, 0.25) is 5.60 Å². The number of alkyl halides is 4. The summed E-state index contributed by atoms with van der Waals surface area (Å²) < 4.78 is 83.3. The maximum atomic E-state index is 15.7. The average molecular weight is 588 g/mol. The molecule has 0 radical (unpaired) electrons. The second-order valence-corrected chi connectivity index (χ2v) is 9.49. The normalized spacial score (nSPS) is 17.7. The molecule has 218 valence electrons. The van der Waals surface area contributed by atoms with E-state index in [2.05, 4.69) is 9.97 Å². The summed E-state index contributed by atoms with van der Waals surface area (Å²) in [7, 11) is 1.33. The van der Waals surface area contributed by atoms with Gasteiger partial charge in [0.1, 0.15) is 29.4 Å². The van der Waals surface area contributed by atoms with E-state index in [4.69, 9.17) is 15.2 Å². The van der Waals surface area contributed by atoms with Gasteiger partial charge in [-0.15, -0.1) is 0 Å². The highest BCUT2D eigenvalue weighted by Gasteiger charge is 2.58. The number of pyridine rings is 2. The molecule has 0 bridgehead atoms. The minimum Gasteiger partial charge on any atom is -0.494 e. The van der Waals surface area contributed by atoms with Gasteiger partial charge < -0.3 is 25.6 Å². The number of benzene rings is 2. The number of ether oxygens (including phenoxy) is 2. The van der Waals surface area contributed by atoms with Crippen LogP contribution in [0.4, 0.5) is 22.0 Å². The number of aliphatic hydroxyl groups is 1. The van der Waals surface area contributed by atoms with Crippen LogP contribution < -0.4 is 20.5 Å². The van der Waals surface area contributed by atoms with Crippen LogP contribution in [-0.2, 0) is 16.1 Å². The van der Waals surface area contributed by atoms with Gasteiger partial charge >= 0.3 is 6.18 Å². The molecule has 0 aliphatic carbocycles. The standard InChI is InChI=1S/C28H21F5N4O5/c1-41-19-10-16(9-15-3-2-8-35-21(15)19)24(38)36-12-27(40,28(31,32)33)20-11-18-23(42-13-26(18,30)25(34)39)22(37-20)14-4-6-17(29)7-5-14/h2-11,40H,12-13H2,1H3,(H2,34,39)(H,36,38)/t26?,27-/m0/s1. The van der Waals surface area contributed by atoms with Crippen molar-refractivity contribution in [3.8, 4) is 22.8 Å². The first-order valence-corrected chi connectivity index (χ1v) is 12.2. The van der Waals surface area contributed by atoms with Gasteiger partial charge in [-0.3, -0.25) is 14.6 Å². The van der Waals surface area contributed by atoms with E-state index in [0.29, 0.717) is 17.0 Å². The number of hydrogen-bond donors (Lipinski definition) is 3. The molecule has 9 nitrogen and oxygen atoms in total. The van der Waals surface area contributed by atoms with E-state index < -0.39 is 70.9 Å². The van der Waals surface area contributed by atoms with Gasteiger partial charge in [-0.2, -0.15) is 13.2 Å². The third kappa shape index (κ3) is 4.72. The van der Waals surface area contributed by atoms with Gasteiger partial charge in [0.15, 0.2) is 5.75 Å². The van der Waals surface area contributed by atoms with Crippen molar-refractivity contribution < 1.29 is 46.1 Å². The molecule has 0 saturated carbocycles. The van der Waals surface area contributed by atoms with Gasteiger partial charge in [0.05, 0.1) is 19.3 Å². The summed E-state index contributed by atoms with van der Waals surface area (Å²) in [6.07, 6.45) is -3.98. The summed E-state index contributed by atoms with van der Waals surface area (Å²) in [5.41, 5.74) is -3.73. The number of aromatic nitrogens is 2. The molecule has 1 aliphatic heterocycles. The number of fused-ring (bicyclic) bond motifs is 2. The zero-order valence-corrected chi connectivity index (χ0v) is 21.6. The lowest BCUT2D eigenvalue weighted by Crippen LogP contribution is -2.51. The molecule has 0 spiro atoms. The largest absolute Gasteiger partial charge is 0.494 e. The minimum absolute atomic E-state index is 0.00588. The van der Waals surface area contributed by atoms with Crippen LogP contribution in [0.3, 0.4) is 0 Å². The molecule has 2 amide bonds. The first-order valence-electron chi connectivity index (χ1n) is 12.2. The molecule has 4 N–H and O–H groups in total. The van der Waals surface area contributed by atoms with Gasteiger partial charge in [0.25, 0.3) is 17.5 Å². The van der Waals surface area contributed by atoms with Gasteiger partial charge in [0, 0.05) is 28.3 Å². The number of amides is 2. The zero-order chi connectivity index (χ0) is 30.4. The van der Waals surface area contributed by atoms with Crippen LogP contribution in [-0.4, -0.2) is 53.3 Å². The molecular weight excluding hydrogens is 567 g/mol. The van der Waals surface area contributed by atoms with E-state index in [1.807, 2.05) is 5.32 Å². The number of hydrogen-bond acceptors (Lipinski definition) is 7. The fourth-order valence-corrected chi connectivity index (χ4v) is 4.53. The van der Waals surface area contributed by atoms with E-state index in [9.17, 15) is 32.3 Å². The predicted octanol–water partition coefficient (Wildman–Crippen LogP) is 3.67. The molecule has 42 heavy (non-hydrogen) atoms. The summed E-state index contributed by atoms with van der Waals surface area (Å²) in [6.45, 7) is -2.43. The van der Waals surface area contributed by atoms with Gasteiger partial charge in [-0.1, -0.05) is 6.07 Å². The van der Waals surface area contributed by atoms with Crippen LogP contribution in [0.1, 0.15) is 21.6 Å². The SMILES string of the molecule is COc1cc(C(=O)NC[C@](O)(c2cc3c(c(-c4ccc(F)cc4)n2)OCC3(F)C(N)=O)C(F)(F)F)cc2cccnc12. The van der Waals surface area contributed by atoms with Crippen molar-refractivity contribution in [2.75, 3.05) is 20.3 Å². The van der Waals surface area contributed by atoms with E-state index in [1.165, 1.54) is 25.4 Å². The van der Waals surface area contributed by atoms with Crippen LogP contribution in [0.25, 0.3) is 22.2 Å². The Morgan fingerprint density at radius 3 is 2.52 bits per heavy atom. The molecule has 1 aliphatic rings. The highest BCUT2D eigenvalue weighted by Crippen LogP contribution is 2.48. The Kier molecular flexibility index (Phi) is 6.97. The lowest BCUT2D eigenvalue weighted by molar-refractivity contribution is -0.265. The quantitative estimate of drug-likeness (QED) is 0.280. The van der Waals surface area contributed by atoms with Crippen molar-refractivity contribution in [2.45, 2.75) is 17.4 Å². The Hall–Kier alpha value is -4.85. The predicted molar refractivity (Wildman–Crippen MR) is 138 cm³/mol. The van der Waals surface area contributed by atoms with Crippen LogP contribution in [0.5, 0.6) is 11.5 Å². The van der Waals surface area contributed by atoms with Crippen molar-refractivity contribution in [2.24, 2.45) is 5.73 Å². The third-order valence-electron chi connectivity index (χ3n) is 6.87. The number of rotatable bonds is 7. The summed E-state index contributed by atoms with van der Waals surface area (Å²) in [6, 6.07) is 10.6. The Balaban J connectivity index is 1.59. The fourth-order valence-electron chi connectivity index (χ4n) is 4.53. The number of nitrogens with two attached hydrogens (primary N) is 1. The minimum atomic E-state index is -5.47. The molecule has 2 aromatic heterocycles. The monoisotopic (exact) mass is 588 g/mol. The Labute approximate surface area is 234 Å². The Morgan fingerprint density at radius 2 is 1.88 bits per heavy atom. The summed E-state index contributed by atoms with van der Waals surface area (Å²) in [5, 5.41) is 13.6. The van der Waals surface area contributed by atoms with E-state index in [0.717, 1.165) is 24.3 Å². The molecule has 2 atom stereocenters. The second kappa shape index (κ2) is 10.2. The smallest absolute Gasteiger partial charge is 0.424 e. The van der Waals surface area contributed by atoms with Gasteiger partial charge in [-0.25, -0.2) is 13.8 Å². The first-order chi connectivity index (χ1) is 19.8. The van der Waals surface area contributed by atoms with E-state index >= 15 is 4.39 Å². The number of nitrogens with one attached hydrogen (secondary N) is 1. The average Bonchev–Trinajstić information content (AvgIpc) is 3.32. The molecule has 1 unspecified atom stereocenters. The number of carbonyl (C=O) groups excluding carboxylic acids is 2. The van der Waals surface area contributed by atoms with E-state index in [1.54, 1.807) is 12.1 Å². The second-order valence-electron chi connectivity index (χ2n) is 9.49. The molecule has 5 rings (SSSR count). The molecule has 0 saturated heterocycles. The topological polar surface area (TPSA) is 137 Å². The molecule has 3 heterocycles. The summed E-state index contributed by atoms with van der Waals surface area (Å²) >= 11 is 0. The number of carbonyl (C=O) groups is 2. The van der Waals surface area contributed by atoms with Crippen molar-refractivity contribution in [1.29, 1.82) is 0 Å². The lowest BCUT2D eigenvalue weighted by atomic mass is 9.90. The van der Waals surface area contributed by atoms with Crippen molar-refractivity contribution in [3.05, 3.63) is 83.4 Å². The Morgan fingerprint density at radius 1 is 1.17 bits per heavy atom.